The molecule has 0 bridgehead atoms. The molecule has 0 radical (unpaired) electrons. The van der Waals surface area contributed by atoms with Crippen molar-refractivity contribution in [2.75, 3.05) is 33.4 Å². The minimum Gasteiger partial charge on any atom is -0.395 e. The molecule has 0 saturated heterocycles. The molecule has 0 aliphatic rings. The minimum atomic E-state index is -3.65. The molecule has 0 spiro atoms. The highest BCUT2D eigenvalue weighted by atomic mass is 32.2. The monoisotopic (exact) mass is 313 g/mol. The number of carbonyl (C=O) groups is 1. The summed E-state index contributed by atoms with van der Waals surface area (Å²) < 4.78 is 28.9. The fourth-order valence-electron chi connectivity index (χ4n) is 1.60. The average Bonchev–Trinajstić information content (AvgIpc) is 2.50. The van der Waals surface area contributed by atoms with Gasteiger partial charge in [0.1, 0.15) is 0 Å². The number of aliphatic hydroxyl groups is 1. The van der Waals surface area contributed by atoms with Crippen LogP contribution in [0, 0.1) is 0 Å². The molecule has 21 heavy (non-hydrogen) atoms. The number of hydrogen-bond donors (Lipinski definition) is 1. The maximum absolute atomic E-state index is 12.0. The smallest absolute Gasteiger partial charge is 0.247 e. The van der Waals surface area contributed by atoms with Crippen LogP contribution in [0.4, 0.5) is 0 Å². The summed E-state index contributed by atoms with van der Waals surface area (Å²) in [4.78, 5) is 13.4. The number of benzene rings is 1. The summed E-state index contributed by atoms with van der Waals surface area (Å²) in [7, 11) is -2.15. The van der Waals surface area contributed by atoms with Crippen molar-refractivity contribution in [1.29, 1.82) is 0 Å². The molecule has 1 aromatic carbocycles. The van der Waals surface area contributed by atoms with E-state index in [0.717, 1.165) is 11.5 Å². The quantitative estimate of drug-likeness (QED) is 0.704. The van der Waals surface area contributed by atoms with Crippen LogP contribution in [0.15, 0.2) is 46.7 Å². The maximum Gasteiger partial charge on any atom is 0.247 e. The van der Waals surface area contributed by atoms with Crippen LogP contribution < -0.4 is 0 Å². The van der Waals surface area contributed by atoms with E-state index < -0.39 is 15.7 Å². The Labute approximate surface area is 124 Å². The molecule has 1 rings (SSSR count). The van der Waals surface area contributed by atoms with Gasteiger partial charge in [-0.05, 0) is 12.1 Å². The van der Waals surface area contributed by atoms with Gasteiger partial charge in [-0.25, -0.2) is 8.42 Å². The maximum atomic E-state index is 12.0. The molecule has 0 fully saturated rings. The van der Waals surface area contributed by atoms with E-state index >= 15 is 0 Å². The van der Waals surface area contributed by atoms with Gasteiger partial charge in [0.15, 0.2) is 9.84 Å². The molecule has 1 amide bonds. The summed E-state index contributed by atoms with van der Waals surface area (Å²) in [6, 6.07) is 7.85. The van der Waals surface area contributed by atoms with Crippen LogP contribution in [0.2, 0.25) is 0 Å². The Morgan fingerprint density at radius 3 is 2.52 bits per heavy atom. The van der Waals surface area contributed by atoms with Gasteiger partial charge in [0, 0.05) is 31.7 Å². The topological polar surface area (TPSA) is 83.9 Å². The Balaban J connectivity index is 2.79. The number of amides is 1. The van der Waals surface area contributed by atoms with E-state index in [9.17, 15) is 13.2 Å². The van der Waals surface area contributed by atoms with Crippen molar-refractivity contribution in [2.45, 2.75) is 4.90 Å². The van der Waals surface area contributed by atoms with Gasteiger partial charge in [-0.15, -0.1) is 0 Å². The second-order valence-corrected chi connectivity index (χ2v) is 6.04. The highest BCUT2D eigenvalue weighted by Gasteiger charge is 2.13. The molecule has 7 heteroatoms. The highest BCUT2D eigenvalue weighted by Crippen LogP contribution is 2.11. The van der Waals surface area contributed by atoms with E-state index in [2.05, 4.69) is 0 Å². The molecule has 0 aliphatic carbocycles. The van der Waals surface area contributed by atoms with Gasteiger partial charge >= 0.3 is 0 Å². The number of methoxy groups -OCH3 is 1. The lowest BCUT2D eigenvalue weighted by atomic mass is 10.4. The first-order valence-electron chi connectivity index (χ1n) is 6.38. The van der Waals surface area contributed by atoms with Gasteiger partial charge in [0.05, 0.1) is 18.1 Å². The van der Waals surface area contributed by atoms with E-state index in [-0.39, 0.29) is 24.6 Å². The second kappa shape index (κ2) is 8.56. The van der Waals surface area contributed by atoms with Crippen molar-refractivity contribution < 1.29 is 23.1 Å². The van der Waals surface area contributed by atoms with Crippen LogP contribution in [0.25, 0.3) is 0 Å². The van der Waals surface area contributed by atoms with Crippen molar-refractivity contribution in [2.24, 2.45) is 0 Å². The van der Waals surface area contributed by atoms with Gasteiger partial charge in [-0.3, -0.25) is 4.79 Å². The van der Waals surface area contributed by atoms with Gasteiger partial charge in [-0.2, -0.15) is 0 Å². The molecule has 0 heterocycles. The van der Waals surface area contributed by atoms with E-state index in [1.165, 1.54) is 24.1 Å². The summed E-state index contributed by atoms with van der Waals surface area (Å²) in [5.41, 5.74) is 0. The molecular weight excluding hydrogens is 294 g/mol. The van der Waals surface area contributed by atoms with Gasteiger partial charge < -0.3 is 14.7 Å². The standard InChI is InChI=1S/C14H19NO5S/c1-20-11-9-15(8-10-16)14(17)7-12-21(18,19)13-5-3-2-4-6-13/h2-7,12,16H,8-11H2,1H3/b12-7+. The first-order valence-corrected chi connectivity index (χ1v) is 7.93. The molecule has 0 atom stereocenters. The van der Waals surface area contributed by atoms with Gasteiger partial charge in [0.2, 0.25) is 5.91 Å². The fraction of sp³-hybridized carbons (Fsp3) is 0.357. The predicted molar refractivity (Wildman–Crippen MR) is 78.3 cm³/mol. The number of hydrogen-bond acceptors (Lipinski definition) is 5. The molecule has 6 nitrogen and oxygen atoms in total. The van der Waals surface area contributed by atoms with Gasteiger partial charge in [0.25, 0.3) is 0 Å². The van der Waals surface area contributed by atoms with Crippen LogP contribution in [-0.4, -0.2) is 57.7 Å². The van der Waals surface area contributed by atoms with E-state index in [4.69, 9.17) is 9.84 Å². The zero-order valence-corrected chi connectivity index (χ0v) is 12.6. The normalized spacial score (nSPS) is 11.7. The van der Waals surface area contributed by atoms with E-state index in [1.807, 2.05) is 0 Å². The second-order valence-electron chi connectivity index (χ2n) is 4.20. The minimum absolute atomic E-state index is 0.123. The van der Waals surface area contributed by atoms with Crippen LogP contribution in [0.3, 0.4) is 0 Å². The van der Waals surface area contributed by atoms with Crippen molar-refractivity contribution in [3.05, 3.63) is 41.8 Å². The van der Waals surface area contributed by atoms with Crippen molar-refractivity contribution in [1.82, 2.24) is 4.90 Å². The predicted octanol–water partition coefficient (Wildman–Crippen LogP) is 0.441. The van der Waals surface area contributed by atoms with Crippen molar-refractivity contribution in [3.8, 4) is 0 Å². The van der Waals surface area contributed by atoms with Crippen molar-refractivity contribution in [3.63, 3.8) is 0 Å². The largest absolute Gasteiger partial charge is 0.395 e. The molecule has 116 valence electrons. The van der Waals surface area contributed by atoms with E-state index in [1.54, 1.807) is 18.2 Å². The zero-order valence-electron chi connectivity index (χ0n) is 11.8. The van der Waals surface area contributed by atoms with E-state index in [0.29, 0.717) is 6.61 Å². The summed E-state index contributed by atoms with van der Waals surface area (Å²) in [5.74, 6) is -0.486. The summed E-state index contributed by atoms with van der Waals surface area (Å²) >= 11 is 0. The highest BCUT2D eigenvalue weighted by molar-refractivity contribution is 7.94. The Kier molecular flexibility index (Phi) is 7.07. The number of ether oxygens (including phenoxy) is 1. The molecule has 1 aromatic rings. The van der Waals surface area contributed by atoms with Crippen LogP contribution >= 0.6 is 0 Å². The summed E-state index contributed by atoms with van der Waals surface area (Å²) in [6.45, 7) is 0.517. The number of nitrogens with zero attached hydrogens (tertiary/aromatic N) is 1. The third kappa shape index (κ3) is 5.66. The Bertz CT molecular complexity index is 568. The molecule has 0 aliphatic heterocycles. The number of sulfone groups is 1. The fourth-order valence-corrected chi connectivity index (χ4v) is 2.59. The average molecular weight is 313 g/mol. The first kappa shape index (κ1) is 17.4. The lowest BCUT2D eigenvalue weighted by Crippen LogP contribution is -2.35. The SMILES string of the molecule is COCCN(CCO)C(=O)/C=C/S(=O)(=O)c1ccccc1. The van der Waals surface area contributed by atoms with Crippen LogP contribution in [0.5, 0.6) is 0 Å². The van der Waals surface area contributed by atoms with Crippen LogP contribution in [-0.2, 0) is 19.4 Å². The molecule has 1 N–H and O–H groups in total. The Hall–Kier alpha value is -1.70. The lowest BCUT2D eigenvalue weighted by Gasteiger charge is -2.19. The Morgan fingerprint density at radius 1 is 1.29 bits per heavy atom. The Morgan fingerprint density at radius 2 is 1.95 bits per heavy atom. The number of rotatable bonds is 8. The summed E-state index contributed by atoms with van der Waals surface area (Å²) in [6.07, 6.45) is 0.994. The zero-order chi connectivity index (χ0) is 15.7. The lowest BCUT2D eigenvalue weighted by molar-refractivity contribution is -0.127. The molecule has 0 saturated carbocycles. The van der Waals surface area contributed by atoms with Gasteiger partial charge in [-0.1, -0.05) is 18.2 Å². The first-order chi connectivity index (χ1) is 10.0. The number of aliphatic hydroxyl groups excluding tert-OH is 1. The number of carbonyl (C=O) groups excluding carboxylic acids is 1. The van der Waals surface area contributed by atoms with Crippen LogP contribution in [0.1, 0.15) is 0 Å². The third-order valence-electron chi connectivity index (χ3n) is 2.71. The molecular formula is C14H19NO5S. The third-order valence-corrected chi connectivity index (χ3v) is 4.13. The van der Waals surface area contributed by atoms with Crippen molar-refractivity contribution >= 4 is 15.7 Å². The molecule has 0 aromatic heterocycles. The summed E-state index contributed by atoms with van der Waals surface area (Å²) in [5, 5.41) is 9.79. The molecule has 0 unspecified atom stereocenters.